The summed E-state index contributed by atoms with van der Waals surface area (Å²) in [6, 6.07) is 10.2. The maximum absolute atomic E-state index is 13.9. The van der Waals surface area contributed by atoms with Crippen LogP contribution in [0.4, 0.5) is 24.5 Å². The number of ether oxygens (including phenoxy) is 1. The molecule has 42 heavy (non-hydrogen) atoms. The highest BCUT2D eigenvalue weighted by Crippen LogP contribution is 2.30. The molecule has 3 aromatic rings. The fraction of sp³-hybridized carbons (Fsp3) is 0.355. The van der Waals surface area contributed by atoms with Gasteiger partial charge in [0.2, 0.25) is 0 Å². The molecule has 0 spiro atoms. The second kappa shape index (κ2) is 13.6. The van der Waals surface area contributed by atoms with Crippen molar-refractivity contribution in [2.24, 2.45) is 0 Å². The standard InChI is InChI=1S/C31H34F3N5O3/c1-21(2)38-12-9-28(10-13-38)39(19-24-15-27(18-35-17-24)37-26-8-11-36-22(3)14-26)30(41)29(42-20-40)16-23-4-6-25(7-5-23)31(32,33)34/h4-8,11,14-18,20-21,28H,9-10,12-13,19H2,1-3H3,(H,36,37)/b29-16+. The summed E-state index contributed by atoms with van der Waals surface area (Å²) in [5, 5.41) is 3.30. The van der Waals surface area contributed by atoms with Gasteiger partial charge in [-0.3, -0.25) is 19.6 Å². The number of pyridine rings is 2. The number of aryl methyl sites for hydroxylation is 1. The Morgan fingerprint density at radius 1 is 1.12 bits per heavy atom. The summed E-state index contributed by atoms with van der Waals surface area (Å²) in [4.78, 5) is 37.9. The zero-order valence-electron chi connectivity index (χ0n) is 23.8. The number of anilines is 2. The van der Waals surface area contributed by atoms with E-state index < -0.39 is 17.6 Å². The van der Waals surface area contributed by atoms with Gasteiger partial charge in [-0.2, -0.15) is 13.2 Å². The van der Waals surface area contributed by atoms with Crippen LogP contribution in [0.25, 0.3) is 6.08 Å². The molecule has 0 unspecified atom stereocenters. The Hall–Kier alpha value is -4.25. The molecule has 1 aromatic carbocycles. The summed E-state index contributed by atoms with van der Waals surface area (Å²) >= 11 is 0. The van der Waals surface area contributed by atoms with Gasteiger partial charge in [0.1, 0.15) is 0 Å². The van der Waals surface area contributed by atoms with Gasteiger partial charge in [-0.05, 0) is 81.1 Å². The lowest BCUT2D eigenvalue weighted by atomic mass is 10.0. The van der Waals surface area contributed by atoms with E-state index in [1.165, 1.54) is 18.2 Å². The van der Waals surface area contributed by atoms with E-state index in [1.807, 2.05) is 25.1 Å². The third-order valence-corrected chi connectivity index (χ3v) is 7.19. The van der Waals surface area contributed by atoms with Crippen molar-refractivity contribution in [1.82, 2.24) is 19.8 Å². The van der Waals surface area contributed by atoms with Crippen LogP contribution in [-0.2, 0) is 27.0 Å². The Balaban J connectivity index is 1.62. The highest BCUT2D eigenvalue weighted by Gasteiger charge is 2.32. The maximum atomic E-state index is 13.9. The number of likely N-dealkylation sites (tertiary alicyclic amines) is 1. The van der Waals surface area contributed by atoms with E-state index >= 15 is 0 Å². The van der Waals surface area contributed by atoms with Crippen LogP contribution in [0, 0.1) is 6.92 Å². The smallest absolute Gasteiger partial charge is 0.416 e. The zero-order chi connectivity index (χ0) is 30.3. The number of benzene rings is 1. The number of alkyl halides is 3. The molecule has 0 aliphatic carbocycles. The third-order valence-electron chi connectivity index (χ3n) is 7.19. The Kier molecular flexibility index (Phi) is 9.95. The van der Waals surface area contributed by atoms with Crippen LogP contribution in [0.15, 0.2) is 66.8 Å². The second-order valence-electron chi connectivity index (χ2n) is 10.5. The van der Waals surface area contributed by atoms with Gasteiger partial charge in [0.25, 0.3) is 12.4 Å². The van der Waals surface area contributed by atoms with Crippen molar-refractivity contribution in [1.29, 1.82) is 0 Å². The lowest BCUT2D eigenvalue weighted by Crippen LogP contribution is -2.49. The van der Waals surface area contributed by atoms with Crippen molar-refractivity contribution < 1.29 is 27.5 Å². The molecule has 0 atom stereocenters. The Morgan fingerprint density at radius 2 is 1.83 bits per heavy atom. The topological polar surface area (TPSA) is 87.7 Å². The average Bonchev–Trinajstić information content (AvgIpc) is 2.95. The summed E-state index contributed by atoms with van der Waals surface area (Å²) in [5.74, 6) is -0.807. The van der Waals surface area contributed by atoms with Gasteiger partial charge < -0.3 is 19.9 Å². The molecule has 1 aliphatic rings. The fourth-order valence-corrected chi connectivity index (χ4v) is 4.97. The van der Waals surface area contributed by atoms with Gasteiger partial charge in [-0.15, -0.1) is 0 Å². The first kappa shape index (κ1) is 30.7. The first-order valence-electron chi connectivity index (χ1n) is 13.7. The quantitative estimate of drug-likeness (QED) is 0.180. The molecular formula is C31H34F3N5O3. The van der Waals surface area contributed by atoms with Gasteiger partial charge in [-0.25, -0.2) is 0 Å². The van der Waals surface area contributed by atoms with Crippen molar-refractivity contribution >= 4 is 29.8 Å². The molecular weight excluding hydrogens is 547 g/mol. The summed E-state index contributed by atoms with van der Waals surface area (Å²) in [7, 11) is 0. The van der Waals surface area contributed by atoms with Crippen LogP contribution >= 0.6 is 0 Å². The largest absolute Gasteiger partial charge is 0.423 e. The molecule has 1 saturated heterocycles. The first-order chi connectivity index (χ1) is 20.0. The zero-order valence-corrected chi connectivity index (χ0v) is 23.8. The highest BCUT2D eigenvalue weighted by molar-refractivity contribution is 5.97. The van der Waals surface area contributed by atoms with E-state index in [0.29, 0.717) is 24.4 Å². The molecule has 8 nitrogen and oxygen atoms in total. The molecule has 3 heterocycles. The molecule has 0 bridgehead atoms. The fourth-order valence-electron chi connectivity index (χ4n) is 4.97. The minimum atomic E-state index is -4.49. The number of amides is 1. The van der Waals surface area contributed by atoms with Crippen molar-refractivity contribution in [2.75, 3.05) is 18.4 Å². The minimum Gasteiger partial charge on any atom is -0.423 e. The molecule has 1 amide bonds. The number of carbonyl (C=O) groups excluding carboxylic acids is 2. The lowest BCUT2D eigenvalue weighted by molar-refractivity contribution is -0.139. The average molecular weight is 582 g/mol. The van der Waals surface area contributed by atoms with E-state index in [1.54, 1.807) is 23.5 Å². The number of piperidine rings is 1. The number of carbonyl (C=O) groups is 2. The Morgan fingerprint density at radius 3 is 2.45 bits per heavy atom. The summed E-state index contributed by atoms with van der Waals surface area (Å²) in [5.41, 5.74) is 2.66. The summed E-state index contributed by atoms with van der Waals surface area (Å²) < 4.78 is 44.2. The third kappa shape index (κ3) is 8.16. The SMILES string of the molecule is Cc1cc(Nc2cncc(CN(C(=O)/C(=C\c3ccc(C(F)(F)F)cc3)OC=O)C3CCN(C(C)C)CC3)c2)ccn1. The number of aromatic nitrogens is 2. The second-order valence-corrected chi connectivity index (χ2v) is 10.5. The highest BCUT2D eigenvalue weighted by atomic mass is 19.4. The van der Waals surface area contributed by atoms with Gasteiger partial charge >= 0.3 is 6.18 Å². The predicted molar refractivity (Wildman–Crippen MR) is 153 cm³/mol. The van der Waals surface area contributed by atoms with Crippen LogP contribution in [0.3, 0.4) is 0 Å². The first-order valence-corrected chi connectivity index (χ1v) is 13.7. The van der Waals surface area contributed by atoms with E-state index in [9.17, 15) is 22.8 Å². The molecule has 222 valence electrons. The molecule has 1 aliphatic heterocycles. The number of nitrogens with zero attached hydrogens (tertiary/aromatic N) is 4. The Bertz CT molecular complexity index is 1400. The normalized spacial score (nSPS) is 15.0. The van der Waals surface area contributed by atoms with Gasteiger partial charge in [0.15, 0.2) is 5.76 Å². The van der Waals surface area contributed by atoms with Crippen molar-refractivity contribution in [3.05, 3.63) is 89.2 Å². The molecule has 1 fully saturated rings. The van der Waals surface area contributed by atoms with Gasteiger partial charge in [0, 0.05) is 55.5 Å². The number of halogens is 3. The lowest BCUT2D eigenvalue weighted by Gasteiger charge is -2.40. The minimum absolute atomic E-state index is 0.149. The molecule has 0 saturated carbocycles. The van der Waals surface area contributed by atoms with Crippen LogP contribution in [0.2, 0.25) is 0 Å². The monoisotopic (exact) mass is 581 g/mol. The van der Waals surface area contributed by atoms with E-state index in [4.69, 9.17) is 4.74 Å². The van der Waals surface area contributed by atoms with Crippen LogP contribution in [0.1, 0.15) is 49.1 Å². The summed E-state index contributed by atoms with van der Waals surface area (Å²) in [6.45, 7) is 8.07. The van der Waals surface area contributed by atoms with E-state index in [2.05, 4.69) is 34.0 Å². The van der Waals surface area contributed by atoms with Crippen molar-refractivity contribution in [3.8, 4) is 0 Å². The molecule has 1 N–H and O–H groups in total. The molecule has 4 rings (SSSR count). The molecule has 2 aromatic heterocycles. The maximum Gasteiger partial charge on any atom is 0.416 e. The van der Waals surface area contributed by atoms with Crippen LogP contribution in [0.5, 0.6) is 0 Å². The number of rotatable bonds is 10. The predicted octanol–water partition coefficient (Wildman–Crippen LogP) is 5.96. The van der Waals surface area contributed by atoms with Crippen LogP contribution in [-0.4, -0.2) is 57.3 Å². The van der Waals surface area contributed by atoms with Gasteiger partial charge in [-0.1, -0.05) is 12.1 Å². The summed E-state index contributed by atoms with van der Waals surface area (Å²) in [6.07, 6.45) is 3.27. The molecule has 0 radical (unpaired) electrons. The van der Waals surface area contributed by atoms with Crippen LogP contribution < -0.4 is 5.32 Å². The number of nitrogens with one attached hydrogen (secondary N) is 1. The Labute approximate surface area is 243 Å². The number of hydrogen-bond acceptors (Lipinski definition) is 7. The van der Waals surface area contributed by atoms with Crippen molar-refractivity contribution in [2.45, 2.75) is 58.4 Å². The van der Waals surface area contributed by atoms with Gasteiger partial charge in [0.05, 0.1) is 17.4 Å². The number of hydrogen-bond donors (Lipinski definition) is 1. The van der Waals surface area contributed by atoms with Crippen molar-refractivity contribution in [3.63, 3.8) is 0 Å². The molecule has 11 heteroatoms. The van der Waals surface area contributed by atoms with E-state index in [-0.39, 0.29) is 24.8 Å². The van der Waals surface area contributed by atoms with E-state index in [0.717, 1.165) is 47.9 Å².